The van der Waals surface area contributed by atoms with Gasteiger partial charge in [0.2, 0.25) is 0 Å². The number of aliphatic imine (C=N–C) groups is 2. The monoisotopic (exact) mass is 501 g/mol. The normalized spacial score (nSPS) is 22.4. The second-order valence-corrected chi connectivity index (χ2v) is 8.03. The van der Waals surface area contributed by atoms with Crippen LogP contribution in [0.1, 0.15) is 58.5 Å². The fourth-order valence-corrected chi connectivity index (χ4v) is 3.95. The average Bonchev–Trinajstić information content (AvgIpc) is 3.33. The van der Waals surface area contributed by atoms with Crippen molar-refractivity contribution in [3.63, 3.8) is 0 Å². The van der Waals surface area contributed by atoms with Crippen LogP contribution in [0.4, 0.5) is 11.6 Å². The summed E-state index contributed by atoms with van der Waals surface area (Å²) in [4.78, 5) is 17.5. The number of thiol groups is 1. The molecule has 1 aromatic heterocycles. The Bertz CT molecular complexity index is 946. The molecule has 35 heavy (non-hydrogen) atoms. The molecule has 192 valence electrons. The second-order valence-electron chi connectivity index (χ2n) is 7.56. The molecule has 2 aliphatic rings. The van der Waals surface area contributed by atoms with Crippen LogP contribution in [0.25, 0.3) is 0 Å². The van der Waals surface area contributed by atoms with Crippen molar-refractivity contribution in [1.29, 1.82) is 0 Å². The van der Waals surface area contributed by atoms with Crippen LogP contribution in [0.5, 0.6) is 0 Å². The van der Waals surface area contributed by atoms with Crippen molar-refractivity contribution in [2.24, 2.45) is 9.98 Å². The third-order valence-corrected chi connectivity index (χ3v) is 5.58. The van der Waals surface area contributed by atoms with Gasteiger partial charge in [0.15, 0.2) is 0 Å². The highest BCUT2D eigenvalue weighted by Gasteiger charge is 2.31. The van der Waals surface area contributed by atoms with Gasteiger partial charge >= 0.3 is 0 Å². The van der Waals surface area contributed by atoms with Gasteiger partial charge in [0.05, 0.1) is 29.7 Å². The van der Waals surface area contributed by atoms with Gasteiger partial charge in [-0.2, -0.15) is 0 Å². The number of rotatable bonds is 9. The Hall–Kier alpha value is -2.69. The topological polar surface area (TPSA) is 105 Å². The summed E-state index contributed by atoms with van der Waals surface area (Å²) in [5.41, 5.74) is 2.61. The first-order chi connectivity index (χ1) is 17.0. The molecule has 1 fully saturated rings. The first-order valence-electron chi connectivity index (χ1n) is 12.1. The van der Waals surface area contributed by atoms with Crippen molar-refractivity contribution in [1.82, 2.24) is 15.3 Å². The maximum atomic E-state index is 5.94. The minimum atomic E-state index is -0.452. The lowest BCUT2D eigenvalue weighted by molar-refractivity contribution is -0.0104. The van der Waals surface area contributed by atoms with E-state index in [0.29, 0.717) is 31.3 Å². The van der Waals surface area contributed by atoms with Crippen molar-refractivity contribution in [3.05, 3.63) is 47.7 Å². The lowest BCUT2D eigenvalue weighted by atomic mass is 10.2. The SMILES string of the molecule is C=C(NC/C=C/CNc1ncnc2c1C(S)OC[C@@H]1CC[C@H](N2)O1)/C(N=CC)=C(/C)N=CC.CC. The maximum Gasteiger partial charge on any atom is 0.140 e. The molecule has 0 radical (unpaired) electrons. The minimum Gasteiger partial charge on any atom is -0.380 e. The smallest absolute Gasteiger partial charge is 0.140 e. The Morgan fingerprint density at radius 2 is 1.94 bits per heavy atom. The highest BCUT2D eigenvalue weighted by molar-refractivity contribution is 7.80. The number of nitrogens with one attached hydrogen (secondary N) is 3. The molecule has 3 rings (SSSR count). The van der Waals surface area contributed by atoms with E-state index in [1.54, 1.807) is 12.4 Å². The van der Waals surface area contributed by atoms with E-state index in [1.165, 1.54) is 6.33 Å². The molecule has 2 aliphatic heterocycles. The largest absolute Gasteiger partial charge is 0.380 e. The Labute approximate surface area is 214 Å². The van der Waals surface area contributed by atoms with Crippen molar-refractivity contribution in [2.75, 3.05) is 30.3 Å². The number of anilines is 2. The van der Waals surface area contributed by atoms with Gasteiger partial charge in [0.1, 0.15) is 35.3 Å². The van der Waals surface area contributed by atoms with Gasteiger partial charge < -0.3 is 25.4 Å². The first kappa shape index (κ1) is 28.5. The molecule has 3 N–H and O–H groups in total. The van der Waals surface area contributed by atoms with E-state index in [2.05, 4.69) is 55.1 Å². The van der Waals surface area contributed by atoms with Crippen LogP contribution in [0.3, 0.4) is 0 Å². The van der Waals surface area contributed by atoms with Crippen molar-refractivity contribution >= 4 is 36.7 Å². The zero-order valence-corrected chi connectivity index (χ0v) is 22.3. The highest BCUT2D eigenvalue weighted by Crippen LogP contribution is 2.36. The molecule has 9 nitrogen and oxygen atoms in total. The summed E-state index contributed by atoms with van der Waals surface area (Å²) < 4.78 is 11.9. The van der Waals surface area contributed by atoms with Crippen LogP contribution in [-0.2, 0) is 9.47 Å². The van der Waals surface area contributed by atoms with E-state index < -0.39 is 5.44 Å². The summed E-state index contributed by atoms with van der Waals surface area (Å²) in [6.07, 6.45) is 10.9. The number of allylic oxidation sites excluding steroid dienone is 1. The van der Waals surface area contributed by atoms with Crippen LogP contribution < -0.4 is 16.0 Å². The standard InChI is InChI=1S/C23H33N7O2S.C2H6/c1-5-24-15(3)20(25-6-2)16(4)26-11-7-8-12-27-21-19-22(29-14-28-21)30-18-10-9-17(32-18)13-31-23(19)33;1-2/h5-8,14,17-18,23,26,33H,4,9-13H2,1-3H3,(H2,27,28,29,30);1-2H3/b8-7+,20-15+,24-5?,25-6?;/t17-,18+,23?;/m0./s1. The number of hydrogen-bond acceptors (Lipinski definition) is 10. The molecule has 0 saturated carbocycles. The predicted octanol–water partition coefficient (Wildman–Crippen LogP) is 4.86. The number of ether oxygens (including phenoxy) is 2. The Kier molecular flexibility index (Phi) is 12.5. The fraction of sp³-hybridized carbons (Fsp3) is 0.520. The Morgan fingerprint density at radius 1 is 1.20 bits per heavy atom. The maximum absolute atomic E-state index is 5.94. The Balaban J connectivity index is 0.00000210. The van der Waals surface area contributed by atoms with Gasteiger partial charge in [-0.15, -0.1) is 12.6 Å². The van der Waals surface area contributed by atoms with Gasteiger partial charge in [-0.1, -0.05) is 32.6 Å². The average molecular weight is 502 g/mol. The zero-order chi connectivity index (χ0) is 25.6. The lowest BCUT2D eigenvalue weighted by Crippen LogP contribution is -2.21. The molecule has 1 saturated heterocycles. The third-order valence-electron chi connectivity index (χ3n) is 5.17. The number of hydrogen-bond donors (Lipinski definition) is 4. The summed E-state index contributed by atoms with van der Waals surface area (Å²) in [5.74, 6) is 1.37. The number of nitrogens with zero attached hydrogens (tertiary/aromatic N) is 4. The van der Waals surface area contributed by atoms with Crippen LogP contribution in [0.2, 0.25) is 0 Å². The highest BCUT2D eigenvalue weighted by atomic mass is 32.1. The molecule has 0 aromatic carbocycles. The van der Waals surface area contributed by atoms with E-state index in [4.69, 9.17) is 9.47 Å². The minimum absolute atomic E-state index is 0.0690. The van der Waals surface area contributed by atoms with Crippen LogP contribution in [0.15, 0.2) is 52.1 Å². The van der Waals surface area contributed by atoms with Crippen molar-refractivity contribution in [3.8, 4) is 0 Å². The van der Waals surface area contributed by atoms with E-state index in [0.717, 1.165) is 35.5 Å². The quantitative estimate of drug-likeness (QED) is 0.166. The molecule has 1 unspecified atom stereocenters. The van der Waals surface area contributed by atoms with Crippen LogP contribution >= 0.6 is 12.6 Å². The van der Waals surface area contributed by atoms with Crippen molar-refractivity contribution < 1.29 is 9.47 Å². The lowest BCUT2D eigenvalue weighted by Gasteiger charge is -2.20. The fourth-order valence-electron chi connectivity index (χ4n) is 3.62. The molecule has 1 aromatic rings. The molecule has 2 bridgehead atoms. The summed E-state index contributed by atoms with van der Waals surface area (Å²) in [5, 5.41) is 9.95. The third kappa shape index (κ3) is 8.48. The van der Waals surface area contributed by atoms with E-state index in [-0.39, 0.29) is 12.3 Å². The Morgan fingerprint density at radius 3 is 2.69 bits per heavy atom. The summed E-state index contributed by atoms with van der Waals surface area (Å²) in [6, 6.07) is 0. The summed E-state index contributed by atoms with van der Waals surface area (Å²) in [7, 11) is 0. The van der Waals surface area contributed by atoms with Gasteiger partial charge in [-0.05, 0) is 33.6 Å². The number of aromatic nitrogens is 2. The van der Waals surface area contributed by atoms with Gasteiger partial charge in [0.25, 0.3) is 0 Å². The molecule has 0 amide bonds. The van der Waals surface area contributed by atoms with Crippen molar-refractivity contribution in [2.45, 2.75) is 65.2 Å². The van der Waals surface area contributed by atoms with E-state index in [9.17, 15) is 0 Å². The van der Waals surface area contributed by atoms with E-state index in [1.807, 2.05) is 46.8 Å². The molecule has 0 aliphatic carbocycles. The van der Waals surface area contributed by atoms with Gasteiger partial charge in [-0.3, -0.25) is 9.98 Å². The molecular weight excluding hydrogens is 462 g/mol. The molecular formula is C25H39N7O2S. The summed E-state index contributed by atoms with van der Waals surface area (Å²) >= 11 is 4.64. The molecule has 3 heterocycles. The van der Waals surface area contributed by atoms with Gasteiger partial charge in [0, 0.05) is 25.5 Å². The first-order valence-corrected chi connectivity index (χ1v) is 12.6. The zero-order valence-electron chi connectivity index (χ0n) is 21.4. The molecule has 0 spiro atoms. The van der Waals surface area contributed by atoms with Crippen LogP contribution in [0, 0.1) is 0 Å². The van der Waals surface area contributed by atoms with E-state index >= 15 is 0 Å². The predicted molar refractivity (Wildman–Crippen MR) is 148 cm³/mol. The second kappa shape index (κ2) is 15.3. The molecule has 3 atom stereocenters. The van der Waals surface area contributed by atoms with Gasteiger partial charge in [-0.25, -0.2) is 9.97 Å². The molecule has 10 heteroatoms. The number of fused-ring (bicyclic) bond motifs is 3. The summed E-state index contributed by atoms with van der Waals surface area (Å²) in [6.45, 7) is 15.4. The van der Waals surface area contributed by atoms with Crippen LogP contribution in [-0.4, -0.2) is 54.4 Å².